The fraction of sp³-hybridized carbons (Fsp3) is 0.500. The van der Waals surface area contributed by atoms with Crippen LogP contribution in [0, 0.1) is 0 Å². The third-order valence-electron chi connectivity index (χ3n) is 1.33. The van der Waals surface area contributed by atoms with E-state index in [4.69, 9.17) is 10.2 Å². The second-order valence-electron chi connectivity index (χ2n) is 2.19. The Morgan fingerprint density at radius 2 is 2.25 bits per heavy atom. The molecule has 0 saturated carbocycles. The summed E-state index contributed by atoms with van der Waals surface area (Å²) in [7, 11) is 0. The Kier molecular flexibility index (Phi) is 4.81. The number of carbonyl (C=O) groups is 1. The van der Waals surface area contributed by atoms with Gasteiger partial charge in [-0.1, -0.05) is 0 Å². The molecule has 0 saturated heterocycles. The van der Waals surface area contributed by atoms with Crippen LogP contribution in [0.5, 0.6) is 0 Å². The van der Waals surface area contributed by atoms with Crippen LogP contribution in [-0.2, 0) is 9.53 Å². The van der Waals surface area contributed by atoms with Crippen LogP contribution in [-0.4, -0.2) is 35.0 Å². The number of hydrogen-bond acceptors (Lipinski definition) is 5. The van der Waals surface area contributed by atoms with Crippen molar-refractivity contribution in [2.45, 2.75) is 12.2 Å². The molecule has 5 nitrogen and oxygen atoms in total. The number of aliphatic hydroxyl groups is 2. The molecule has 1 rings (SSSR count). The number of rotatable bonds is 1. The van der Waals surface area contributed by atoms with Crippen molar-refractivity contribution in [3.8, 4) is 0 Å². The van der Waals surface area contributed by atoms with Crippen molar-refractivity contribution in [2.75, 3.05) is 6.61 Å². The molecule has 0 spiro atoms. The Labute approximate surface area is 90.9 Å². The minimum atomic E-state index is -1.49. The summed E-state index contributed by atoms with van der Waals surface area (Å²) in [5.74, 6) is -1.92. The molecular formula is C6H7NaO5. The summed E-state index contributed by atoms with van der Waals surface area (Å²) in [4.78, 5) is 10.1. The van der Waals surface area contributed by atoms with Gasteiger partial charge in [0.2, 0.25) is 0 Å². The maximum Gasteiger partial charge on any atom is 1.00 e. The maximum absolute atomic E-state index is 10.1. The van der Waals surface area contributed by atoms with Crippen LogP contribution in [0.25, 0.3) is 0 Å². The van der Waals surface area contributed by atoms with Crippen molar-refractivity contribution in [3.63, 3.8) is 0 Å². The third-order valence-corrected chi connectivity index (χ3v) is 1.33. The minimum Gasteiger partial charge on any atom is -0.542 e. The number of hydrogen-bond donors (Lipinski definition) is 2. The fourth-order valence-electron chi connectivity index (χ4n) is 0.715. The Hall–Kier alpha value is -0.0700. The van der Waals surface area contributed by atoms with E-state index in [-0.39, 0.29) is 36.2 Å². The van der Waals surface area contributed by atoms with Crippen LogP contribution in [0.1, 0.15) is 0 Å². The van der Waals surface area contributed by atoms with Gasteiger partial charge in [0.15, 0.2) is 0 Å². The molecule has 62 valence electrons. The molecule has 0 radical (unpaired) electrons. The van der Waals surface area contributed by atoms with E-state index in [1.807, 2.05) is 0 Å². The molecule has 0 fully saturated rings. The van der Waals surface area contributed by atoms with Gasteiger partial charge >= 0.3 is 29.6 Å². The topological polar surface area (TPSA) is 89.8 Å². The van der Waals surface area contributed by atoms with E-state index in [2.05, 4.69) is 4.74 Å². The average molecular weight is 182 g/mol. The molecule has 1 aliphatic heterocycles. The van der Waals surface area contributed by atoms with Gasteiger partial charge in [-0.3, -0.25) is 0 Å². The van der Waals surface area contributed by atoms with Gasteiger partial charge in [-0.25, -0.2) is 0 Å². The molecule has 0 aliphatic carbocycles. The fourth-order valence-corrected chi connectivity index (χ4v) is 0.715. The molecule has 12 heavy (non-hydrogen) atoms. The molecular weight excluding hydrogens is 175 g/mol. The van der Waals surface area contributed by atoms with Crippen molar-refractivity contribution in [3.05, 3.63) is 11.8 Å². The molecule has 2 N–H and O–H groups in total. The Morgan fingerprint density at radius 1 is 1.67 bits per heavy atom. The minimum absolute atomic E-state index is 0. The first-order valence-corrected chi connectivity index (χ1v) is 3.03. The number of aliphatic carboxylic acids is 1. The zero-order valence-corrected chi connectivity index (χ0v) is 8.56. The van der Waals surface area contributed by atoms with Gasteiger partial charge < -0.3 is 24.9 Å². The zero-order valence-electron chi connectivity index (χ0n) is 6.56. The quantitative estimate of drug-likeness (QED) is 0.394. The Balaban J connectivity index is 0.00000121. The molecule has 0 aromatic rings. The summed E-state index contributed by atoms with van der Waals surface area (Å²) >= 11 is 0. The Bertz CT molecular complexity index is 202. The van der Waals surface area contributed by atoms with Gasteiger partial charge in [0, 0.05) is 0 Å². The number of carboxylic acids is 1. The van der Waals surface area contributed by atoms with Crippen molar-refractivity contribution in [1.29, 1.82) is 0 Å². The molecule has 0 aromatic carbocycles. The number of carboxylic acid groups (broad SMARTS) is 1. The van der Waals surface area contributed by atoms with Gasteiger partial charge in [-0.15, -0.1) is 0 Å². The number of carbonyl (C=O) groups excluding carboxylic acids is 1. The third kappa shape index (κ3) is 2.76. The van der Waals surface area contributed by atoms with Crippen LogP contribution < -0.4 is 34.7 Å². The van der Waals surface area contributed by atoms with E-state index in [0.29, 0.717) is 0 Å². The van der Waals surface area contributed by atoms with E-state index in [9.17, 15) is 9.90 Å². The van der Waals surface area contributed by atoms with Gasteiger partial charge in [0.1, 0.15) is 30.5 Å². The van der Waals surface area contributed by atoms with Crippen molar-refractivity contribution in [1.82, 2.24) is 0 Å². The van der Waals surface area contributed by atoms with Gasteiger partial charge in [-0.2, -0.15) is 0 Å². The summed E-state index contributed by atoms with van der Waals surface area (Å²) in [5.41, 5.74) is 0. The first-order valence-electron chi connectivity index (χ1n) is 3.03. The molecule has 1 unspecified atom stereocenters. The average Bonchev–Trinajstić information content (AvgIpc) is 1.94. The summed E-state index contributed by atoms with van der Waals surface area (Å²) in [6, 6.07) is 0. The SMILES string of the molecule is O=C([O-])C1=C[C@@H](O)C(O)CO1.[Na+]. The first kappa shape index (κ1) is 11.9. The second-order valence-corrected chi connectivity index (χ2v) is 2.19. The molecule has 6 heteroatoms. The molecule has 2 atom stereocenters. The van der Waals surface area contributed by atoms with Gasteiger partial charge in [0.05, 0.1) is 0 Å². The maximum atomic E-state index is 10.1. The van der Waals surface area contributed by atoms with E-state index in [1.165, 1.54) is 0 Å². The van der Waals surface area contributed by atoms with Gasteiger partial charge in [0.25, 0.3) is 0 Å². The van der Waals surface area contributed by atoms with Crippen LogP contribution >= 0.6 is 0 Å². The largest absolute Gasteiger partial charge is 1.00 e. The first-order chi connectivity index (χ1) is 5.11. The second kappa shape index (κ2) is 4.84. The van der Waals surface area contributed by atoms with Crippen molar-refractivity contribution < 1.29 is 54.4 Å². The Morgan fingerprint density at radius 3 is 2.67 bits per heavy atom. The molecule has 0 aromatic heterocycles. The summed E-state index contributed by atoms with van der Waals surface area (Å²) in [6.07, 6.45) is -1.33. The molecule has 1 heterocycles. The van der Waals surface area contributed by atoms with Crippen LogP contribution in [0.2, 0.25) is 0 Å². The molecule has 1 aliphatic rings. The smallest absolute Gasteiger partial charge is 0.542 e. The van der Waals surface area contributed by atoms with Crippen molar-refractivity contribution >= 4 is 5.97 Å². The zero-order chi connectivity index (χ0) is 8.43. The van der Waals surface area contributed by atoms with Crippen molar-refractivity contribution in [2.24, 2.45) is 0 Å². The number of ether oxygens (including phenoxy) is 1. The predicted molar refractivity (Wildman–Crippen MR) is 31.1 cm³/mol. The summed E-state index contributed by atoms with van der Waals surface area (Å²) in [6.45, 7) is -0.221. The van der Waals surface area contributed by atoms with Gasteiger partial charge in [-0.05, 0) is 6.08 Å². The molecule has 0 amide bonds. The van der Waals surface area contributed by atoms with Crippen LogP contribution in [0.4, 0.5) is 0 Å². The van der Waals surface area contributed by atoms with E-state index in [1.54, 1.807) is 0 Å². The standard InChI is InChI=1S/C6H8O5.Na/c7-3-1-5(6(9)10)11-2-4(3)8;/h1,3-4,7-8H,2H2,(H,9,10);/q;+1/p-1/t3-,4?;/m1./s1. The number of aliphatic hydroxyl groups excluding tert-OH is 2. The summed E-state index contributed by atoms with van der Waals surface area (Å²) in [5, 5.41) is 27.9. The normalized spacial score (nSPS) is 28.0. The van der Waals surface area contributed by atoms with Crippen LogP contribution in [0.15, 0.2) is 11.8 Å². The van der Waals surface area contributed by atoms with E-state index >= 15 is 0 Å². The summed E-state index contributed by atoms with van der Waals surface area (Å²) < 4.78 is 4.51. The predicted octanol–water partition coefficient (Wildman–Crippen LogP) is -5.62. The molecule has 0 bridgehead atoms. The monoisotopic (exact) mass is 182 g/mol. The van der Waals surface area contributed by atoms with Crippen LogP contribution in [0.3, 0.4) is 0 Å². The van der Waals surface area contributed by atoms with E-state index < -0.39 is 23.9 Å². The van der Waals surface area contributed by atoms with E-state index in [0.717, 1.165) is 6.08 Å².